The van der Waals surface area contributed by atoms with Gasteiger partial charge < -0.3 is 10.2 Å². The number of hydrogen-bond acceptors (Lipinski definition) is 2. The first-order valence-electron chi connectivity index (χ1n) is 5.65. The van der Waals surface area contributed by atoms with Crippen LogP contribution in [0, 0.1) is 19.8 Å². The van der Waals surface area contributed by atoms with E-state index in [2.05, 4.69) is 49.3 Å². The van der Waals surface area contributed by atoms with E-state index in [1.165, 1.54) is 29.9 Å². The van der Waals surface area contributed by atoms with Crippen molar-refractivity contribution in [2.45, 2.75) is 13.8 Å². The molecule has 1 saturated heterocycles. The quantitative estimate of drug-likeness (QED) is 0.809. The average Bonchev–Trinajstić information content (AvgIpc) is 2.09. The summed E-state index contributed by atoms with van der Waals surface area (Å²) in [5.41, 5.74) is 4.05. The minimum Gasteiger partial charge on any atom is -0.374 e. The number of benzene rings is 1. The van der Waals surface area contributed by atoms with Gasteiger partial charge in [0.15, 0.2) is 0 Å². The summed E-state index contributed by atoms with van der Waals surface area (Å²) < 4.78 is 0. The molecule has 15 heavy (non-hydrogen) atoms. The average molecular weight is 204 g/mol. The fourth-order valence-corrected chi connectivity index (χ4v) is 2.14. The van der Waals surface area contributed by atoms with E-state index in [0.29, 0.717) is 0 Å². The maximum absolute atomic E-state index is 3.31. The van der Waals surface area contributed by atoms with E-state index in [1.54, 1.807) is 0 Å². The van der Waals surface area contributed by atoms with Gasteiger partial charge in [-0.25, -0.2) is 0 Å². The van der Waals surface area contributed by atoms with Crippen LogP contribution in [0.25, 0.3) is 0 Å². The summed E-state index contributed by atoms with van der Waals surface area (Å²) in [6, 6.07) is 6.75. The Morgan fingerprint density at radius 2 is 1.80 bits per heavy atom. The van der Waals surface area contributed by atoms with Crippen LogP contribution in [0.1, 0.15) is 11.1 Å². The lowest BCUT2D eigenvalue weighted by Crippen LogP contribution is -2.47. The van der Waals surface area contributed by atoms with Crippen LogP contribution in [0.5, 0.6) is 0 Å². The normalized spacial score (nSPS) is 16.2. The molecule has 2 rings (SSSR count). The summed E-state index contributed by atoms with van der Waals surface area (Å²) in [6.45, 7) is 7.84. The summed E-state index contributed by atoms with van der Waals surface area (Å²) in [7, 11) is 2.19. The molecule has 1 aromatic carbocycles. The molecule has 1 N–H and O–H groups in total. The fraction of sp³-hybridized carbons (Fsp3) is 0.538. The molecule has 1 heterocycles. The van der Waals surface area contributed by atoms with Crippen molar-refractivity contribution in [3.63, 3.8) is 0 Å². The Labute approximate surface area is 92.3 Å². The molecular formula is C13H20N2. The van der Waals surface area contributed by atoms with Gasteiger partial charge in [-0.1, -0.05) is 6.07 Å². The molecule has 0 aliphatic carbocycles. The smallest absolute Gasteiger partial charge is 0.0369 e. The zero-order valence-electron chi connectivity index (χ0n) is 9.88. The van der Waals surface area contributed by atoms with E-state index in [1.807, 2.05) is 0 Å². The Kier molecular flexibility index (Phi) is 2.96. The molecule has 0 spiro atoms. The van der Waals surface area contributed by atoms with Gasteiger partial charge in [0.2, 0.25) is 0 Å². The molecule has 0 saturated carbocycles. The summed E-state index contributed by atoms with van der Waals surface area (Å²) in [5, 5.41) is 3.31. The SMILES string of the molecule is Cc1cc(C)cc(N(C)CC2CNC2)c1. The minimum atomic E-state index is 0.829. The Balaban J connectivity index is 2.06. The van der Waals surface area contributed by atoms with Gasteiger partial charge in [0, 0.05) is 38.3 Å². The van der Waals surface area contributed by atoms with Gasteiger partial charge >= 0.3 is 0 Å². The molecule has 1 aliphatic heterocycles. The number of aryl methyl sites for hydroxylation is 2. The van der Waals surface area contributed by atoms with Crippen LogP contribution in [0.3, 0.4) is 0 Å². The third kappa shape index (κ3) is 2.51. The zero-order chi connectivity index (χ0) is 10.8. The fourth-order valence-electron chi connectivity index (χ4n) is 2.14. The van der Waals surface area contributed by atoms with E-state index in [9.17, 15) is 0 Å². The molecule has 0 unspecified atom stereocenters. The van der Waals surface area contributed by atoms with E-state index in [-0.39, 0.29) is 0 Å². The van der Waals surface area contributed by atoms with Gasteiger partial charge in [-0.3, -0.25) is 0 Å². The molecule has 0 aromatic heterocycles. The van der Waals surface area contributed by atoms with E-state index >= 15 is 0 Å². The van der Waals surface area contributed by atoms with Crippen molar-refractivity contribution < 1.29 is 0 Å². The first-order valence-corrected chi connectivity index (χ1v) is 5.65. The first-order chi connectivity index (χ1) is 7.15. The summed E-state index contributed by atoms with van der Waals surface area (Å²) in [4.78, 5) is 2.37. The van der Waals surface area contributed by atoms with Gasteiger partial charge in [0.1, 0.15) is 0 Å². The largest absolute Gasteiger partial charge is 0.374 e. The number of rotatable bonds is 3. The molecular weight excluding hydrogens is 184 g/mol. The lowest BCUT2D eigenvalue weighted by atomic mass is 10.0. The maximum Gasteiger partial charge on any atom is 0.0369 e. The second-order valence-electron chi connectivity index (χ2n) is 4.75. The molecule has 1 fully saturated rings. The highest BCUT2D eigenvalue weighted by Gasteiger charge is 2.18. The van der Waals surface area contributed by atoms with Crippen molar-refractivity contribution in [1.82, 2.24) is 5.32 Å². The molecule has 1 aliphatic rings. The van der Waals surface area contributed by atoms with Gasteiger partial charge in [0.05, 0.1) is 0 Å². The zero-order valence-corrected chi connectivity index (χ0v) is 9.88. The third-order valence-electron chi connectivity index (χ3n) is 3.05. The molecule has 0 radical (unpaired) electrons. The molecule has 1 aromatic rings. The van der Waals surface area contributed by atoms with E-state index in [0.717, 1.165) is 12.5 Å². The van der Waals surface area contributed by atoms with E-state index < -0.39 is 0 Å². The molecule has 82 valence electrons. The molecule has 0 amide bonds. The van der Waals surface area contributed by atoms with Crippen LogP contribution >= 0.6 is 0 Å². The number of hydrogen-bond donors (Lipinski definition) is 1. The van der Waals surface area contributed by atoms with Crippen molar-refractivity contribution in [2.75, 3.05) is 31.6 Å². The third-order valence-corrected chi connectivity index (χ3v) is 3.05. The monoisotopic (exact) mass is 204 g/mol. The second-order valence-corrected chi connectivity index (χ2v) is 4.75. The summed E-state index contributed by atoms with van der Waals surface area (Å²) in [6.07, 6.45) is 0. The van der Waals surface area contributed by atoms with Crippen molar-refractivity contribution in [3.8, 4) is 0 Å². The van der Waals surface area contributed by atoms with Gasteiger partial charge in [-0.05, 0) is 37.1 Å². The van der Waals surface area contributed by atoms with Crippen LogP contribution in [0.2, 0.25) is 0 Å². The Morgan fingerprint density at radius 1 is 1.20 bits per heavy atom. The van der Waals surface area contributed by atoms with Gasteiger partial charge in [0.25, 0.3) is 0 Å². The number of anilines is 1. The lowest BCUT2D eigenvalue weighted by Gasteiger charge is -2.32. The van der Waals surface area contributed by atoms with Crippen LogP contribution in [-0.2, 0) is 0 Å². The minimum absolute atomic E-state index is 0.829. The number of nitrogens with one attached hydrogen (secondary N) is 1. The summed E-state index contributed by atoms with van der Waals surface area (Å²) in [5.74, 6) is 0.829. The topological polar surface area (TPSA) is 15.3 Å². The Hall–Kier alpha value is -1.02. The highest BCUT2D eigenvalue weighted by Crippen LogP contribution is 2.19. The van der Waals surface area contributed by atoms with Crippen LogP contribution < -0.4 is 10.2 Å². The van der Waals surface area contributed by atoms with E-state index in [4.69, 9.17) is 0 Å². The highest BCUT2D eigenvalue weighted by molar-refractivity contribution is 5.50. The standard InChI is InChI=1S/C13H20N2/c1-10-4-11(2)6-13(5-10)15(3)9-12-7-14-8-12/h4-6,12,14H,7-9H2,1-3H3. The van der Waals surface area contributed by atoms with Gasteiger partial charge in [-0.2, -0.15) is 0 Å². The van der Waals surface area contributed by atoms with Crippen molar-refractivity contribution in [1.29, 1.82) is 0 Å². The van der Waals surface area contributed by atoms with Gasteiger partial charge in [-0.15, -0.1) is 0 Å². The maximum atomic E-state index is 3.31. The highest BCUT2D eigenvalue weighted by atomic mass is 15.1. The van der Waals surface area contributed by atoms with Crippen LogP contribution in [0.15, 0.2) is 18.2 Å². The van der Waals surface area contributed by atoms with Crippen LogP contribution in [0.4, 0.5) is 5.69 Å². The van der Waals surface area contributed by atoms with Crippen molar-refractivity contribution in [3.05, 3.63) is 29.3 Å². The molecule has 2 nitrogen and oxygen atoms in total. The van der Waals surface area contributed by atoms with Crippen LogP contribution in [-0.4, -0.2) is 26.7 Å². The Morgan fingerprint density at radius 3 is 2.27 bits per heavy atom. The molecule has 0 bridgehead atoms. The summed E-state index contributed by atoms with van der Waals surface area (Å²) >= 11 is 0. The molecule has 2 heteroatoms. The first kappa shape index (κ1) is 10.5. The predicted octanol–water partition coefficient (Wildman–Crippen LogP) is 1.96. The lowest BCUT2D eigenvalue weighted by molar-refractivity contribution is 0.353. The Bertz CT molecular complexity index is 322. The second kappa shape index (κ2) is 4.23. The number of nitrogens with zero attached hydrogens (tertiary/aromatic N) is 1. The van der Waals surface area contributed by atoms with Crippen molar-refractivity contribution >= 4 is 5.69 Å². The molecule has 0 atom stereocenters. The predicted molar refractivity (Wildman–Crippen MR) is 65.5 cm³/mol. The van der Waals surface area contributed by atoms with Crippen molar-refractivity contribution in [2.24, 2.45) is 5.92 Å².